The fourth-order valence-electron chi connectivity index (χ4n) is 2.08. The van der Waals surface area contributed by atoms with Crippen LogP contribution in [0, 0.1) is 24.0 Å². The zero-order valence-corrected chi connectivity index (χ0v) is 11.3. The summed E-state index contributed by atoms with van der Waals surface area (Å²) in [6.07, 6.45) is 5.32. The Labute approximate surface area is 116 Å². The smallest absolute Gasteiger partial charge is 0.132 e. The Kier molecular flexibility index (Phi) is 3.75. The van der Waals surface area contributed by atoms with E-state index in [1.54, 1.807) is 4.57 Å². The highest BCUT2D eigenvalue weighted by Gasteiger charge is 2.18. The fraction of sp³-hybridized carbons (Fsp3) is 0.267. The molecule has 5 heteroatoms. The molecule has 0 bridgehead atoms. The molecule has 0 amide bonds. The van der Waals surface area contributed by atoms with E-state index >= 15 is 0 Å². The van der Waals surface area contributed by atoms with Crippen molar-refractivity contribution in [2.75, 3.05) is 5.73 Å². The van der Waals surface area contributed by atoms with Gasteiger partial charge in [0.2, 0.25) is 0 Å². The van der Waals surface area contributed by atoms with Crippen molar-refractivity contribution in [3.05, 3.63) is 35.7 Å². The molecule has 1 aromatic heterocycles. The first-order valence-electron chi connectivity index (χ1n) is 6.19. The van der Waals surface area contributed by atoms with E-state index in [0.29, 0.717) is 22.9 Å². The summed E-state index contributed by atoms with van der Waals surface area (Å²) < 4.78 is 28.3. The molecule has 104 valence electrons. The topological polar surface area (TPSA) is 43.8 Å². The number of hydrogen-bond donors (Lipinski definition) is 1. The predicted molar refractivity (Wildman–Crippen MR) is 74.9 cm³/mol. The third-order valence-electron chi connectivity index (χ3n) is 2.94. The van der Waals surface area contributed by atoms with Gasteiger partial charge in [-0.05, 0) is 12.1 Å². The quantitative estimate of drug-likeness (QED) is 0.874. The van der Waals surface area contributed by atoms with Crippen molar-refractivity contribution in [1.82, 2.24) is 9.55 Å². The van der Waals surface area contributed by atoms with Crippen LogP contribution in [0.5, 0.6) is 0 Å². The first-order valence-corrected chi connectivity index (χ1v) is 6.19. The minimum Gasteiger partial charge on any atom is -0.383 e. The third-order valence-corrected chi connectivity index (χ3v) is 2.94. The number of nitrogens with zero attached hydrogens (tertiary/aromatic N) is 2. The van der Waals surface area contributed by atoms with E-state index in [0.717, 1.165) is 6.07 Å². The number of anilines is 1. The van der Waals surface area contributed by atoms with Gasteiger partial charge in [0.15, 0.2) is 0 Å². The highest BCUT2D eigenvalue weighted by Crippen LogP contribution is 2.30. The molecular formula is C15H15F2N3. The number of aromatic nitrogens is 2. The van der Waals surface area contributed by atoms with Crippen LogP contribution in [0.3, 0.4) is 0 Å². The number of rotatable bonds is 3. The Balaban J connectivity index is 2.63. The average Bonchev–Trinajstić information content (AvgIpc) is 2.67. The molecular weight excluding hydrogens is 260 g/mol. The molecule has 0 saturated carbocycles. The Hall–Kier alpha value is -2.35. The molecule has 2 aromatic rings. The third kappa shape index (κ3) is 2.50. The molecule has 0 unspecified atom stereocenters. The second-order valence-corrected chi connectivity index (χ2v) is 4.81. The van der Waals surface area contributed by atoms with Gasteiger partial charge >= 0.3 is 0 Å². The van der Waals surface area contributed by atoms with E-state index in [4.69, 9.17) is 12.2 Å². The lowest BCUT2D eigenvalue weighted by Crippen LogP contribution is -2.07. The molecule has 0 aliphatic rings. The van der Waals surface area contributed by atoms with Crippen LogP contribution < -0.4 is 5.73 Å². The molecule has 2 N–H and O–H groups in total. The van der Waals surface area contributed by atoms with Crippen LogP contribution >= 0.6 is 0 Å². The highest BCUT2D eigenvalue weighted by molar-refractivity contribution is 5.71. The van der Waals surface area contributed by atoms with E-state index in [2.05, 4.69) is 10.9 Å². The number of halogens is 2. The van der Waals surface area contributed by atoms with Gasteiger partial charge in [-0.2, -0.15) is 0 Å². The zero-order chi connectivity index (χ0) is 14.9. The largest absolute Gasteiger partial charge is 0.383 e. The molecule has 1 heterocycles. The van der Waals surface area contributed by atoms with Crippen LogP contribution in [0.25, 0.3) is 11.3 Å². The SMILES string of the molecule is C#CCn1c(C(C)C)nc(-c2cc(F)cc(F)c2)c1N. The predicted octanol–water partition coefficient (Wildman–Crippen LogP) is 3.17. The Morgan fingerprint density at radius 1 is 1.30 bits per heavy atom. The molecule has 0 saturated heterocycles. The molecule has 1 aromatic carbocycles. The molecule has 20 heavy (non-hydrogen) atoms. The lowest BCUT2D eigenvalue weighted by molar-refractivity contribution is 0.584. The van der Waals surface area contributed by atoms with Gasteiger partial charge in [-0.3, -0.25) is 0 Å². The molecule has 3 nitrogen and oxygen atoms in total. The maximum Gasteiger partial charge on any atom is 0.132 e. The summed E-state index contributed by atoms with van der Waals surface area (Å²) in [5.74, 6) is 2.27. The zero-order valence-electron chi connectivity index (χ0n) is 11.3. The maximum atomic E-state index is 13.3. The van der Waals surface area contributed by atoms with E-state index in [1.807, 2.05) is 13.8 Å². The summed E-state index contributed by atoms with van der Waals surface area (Å²) in [5.41, 5.74) is 6.67. The molecule has 0 radical (unpaired) electrons. The van der Waals surface area contributed by atoms with Crippen LogP contribution in [-0.4, -0.2) is 9.55 Å². The Bertz CT molecular complexity index is 661. The van der Waals surface area contributed by atoms with Crippen molar-refractivity contribution >= 4 is 5.82 Å². The maximum absolute atomic E-state index is 13.3. The fourth-order valence-corrected chi connectivity index (χ4v) is 2.08. The molecule has 0 aliphatic carbocycles. The van der Waals surface area contributed by atoms with E-state index in [1.165, 1.54) is 12.1 Å². The van der Waals surface area contributed by atoms with Gasteiger partial charge in [0.25, 0.3) is 0 Å². The van der Waals surface area contributed by atoms with Gasteiger partial charge in [0, 0.05) is 17.5 Å². The van der Waals surface area contributed by atoms with Crippen LogP contribution in [0.4, 0.5) is 14.6 Å². The summed E-state index contributed by atoms with van der Waals surface area (Å²) in [5, 5.41) is 0. The van der Waals surface area contributed by atoms with Gasteiger partial charge in [-0.15, -0.1) is 6.42 Å². The molecule has 0 aliphatic heterocycles. The first-order chi connectivity index (χ1) is 9.43. The Morgan fingerprint density at radius 2 is 1.90 bits per heavy atom. The first kappa shape index (κ1) is 14.1. The van der Waals surface area contributed by atoms with Gasteiger partial charge in [-0.1, -0.05) is 19.8 Å². The standard InChI is InChI=1S/C15H15F2N3/c1-4-5-20-14(18)13(19-15(20)9(2)3)10-6-11(16)8-12(17)7-10/h1,6-9H,5,18H2,2-3H3. The average molecular weight is 275 g/mol. The number of nitrogen functional groups attached to an aromatic ring is 1. The van der Waals surface area contributed by atoms with Crippen molar-refractivity contribution < 1.29 is 8.78 Å². The summed E-state index contributed by atoms with van der Waals surface area (Å²) in [6, 6.07) is 3.21. The summed E-state index contributed by atoms with van der Waals surface area (Å²) >= 11 is 0. The summed E-state index contributed by atoms with van der Waals surface area (Å²) in [7, 11) is 0. The summed E-state index contributed by atoms with van der Waals surface area (Å²) in [6.45, 7) is 4.17. The number of benzene rings is 1. The molecule has 0 atom stereocenters. The molecule has 0 spiro atoms. The summed E-state index contributed by atoms with van der Waals surface area (Å²) in [4.78, 5) is 4.39. The van der Waals surface area contributed by atoms with Crippen molar-refractivity contribution in [1.29, 1.82) is 0 Å². The second kappa shape index (κ2) is 5.33. The number of hydrogen-bond acceptors (Lipinski definition) is 2. The van der Waals surface area contributed by atoms with Gasteiger partial charge < -0.3 is 10.3 Å². The molecule has 0 fully saturated rings. The normalized spacial score (nSPS) is 10.8. The minimum atomic E-state index is -0.669. The highest BCUT2D eigenvalue weighted by atomic mass is 19.1. The van der Waals surface area contributed by atoms with Gasteiger partial charge in [0.1, 0.15) is 29.0 Å². The second-order valence-electron chi connectivity index (χ2n) is 4.81. The number of terminal acetylenes is 1. The van der Waals surface area contributed by atoms with E-state index < -0.39 is 11.6 Å². The van der Waals surface area contributed by atoms with Crippen molar-refractivity contribution in [2.45, 2.75) is 26.3 Å². The van der Waals surface area contributed by atoms with Crippen LogP contribution in [0.2, 0.25) is 0 Å². The lowest BCUT2D eigenvalue weighted by Gasteiger charge is -2.08. The number of nitrogens with two attached hydrogens (primary N) is 1. The van der Waals surface area contributed by atoms with Crippen molar-refractivity contribution in [3.63, 3.8) is 0 Å². The lowest BCUT2D eigenvalue weighted by atomic mass is 10.1. The van der Waals surface area contributed by atoms with Crippen LogP contribution in [0.1, 0.15) is 25.6 Å². The minimum absolute atomic E-state index is 0.0952. The van der Waals surface area contributed by atoms with Crippen molar-refractivity contribution in [2.24, 2.45) is 0 Å². The van der Waals surface area contributed by atoms with E-state index in [9.17, 15) is 8.78 Å². The Morgan fingerprint density at radius 3 is 2.40 bits per heavy atom. The molecule has 2 rings (SSSR count). The van der Waals surface area contributed by atoms with Gasteiger partial charge in [0.05, 0.1) is 6.54 Å². The number of imidazole rings is 1. The van der Waals surface area contributed by atoms with Crippen molar-refractivity contribution in [3.8, 4) is 23.6 Å². The monoisotopic (exact) mass is 275 g/mol. The van der Waals surface area contributed by atoms with E-state index in [-0.39, 0.29) is 12.5 Å². The van der Waals surface area contributed by atoms with Crippen LogP contribution in [0.15, 0.2) is 18.2 Å². The van der Waals surface area contributed by atoms with Gasteiger partial charge in [-0.25, -0.2) is 13.8 Å². The van der Waals surface area contributed by atoms with Crippen LogP contribution in [-0.2, 0) is 6.54 Å².